The van der Waals surface area contributed by atoms with E-state index in [4.69, 9.17) is 28.7 Å². The van der Waals surface area contributed by atoms with Crippen molar-refractivity contribution >= 4 is 39.4 Å². The van der Waals surface area contributed by atoms with Crippen molar-refractivity contribution in [1.82, 2.24) is 15.1 Å². The van der Waals surface area contributed by atoms with Crippen LogP contribution in [0.25, 0.3) is 0 Å². The lowest BCUT2D eigenvalue weighted by Gasteiger charge is -2.51. The smallest absolute Gasteiger partial charge is 0.332 e. The number of aliphatic hydroxyl groups excluding tert-OH is 1. The largest absolute Gasteiger partial charge is 0.460 e. The van der Waals surface area contributed by atoms with E-state index in [1.54, 1.807) is 6.92 Å². The highest BCUT2D eigenvalue weighted by molar-refractivity contribution is 8.14. The van der Waals surface area contributed by atoms with E-state index in [2.05, 4.69) is 90.9 Å². The van der Waals surface area contributed by atoms with Crippen molar-refractivity contribution in [3.05, 3.63) is 22.8 Å². The molecule has 16 atom stereocenters. The number of ether oxygens (including phenoxy) is 5. The lowest BCUT2D eigenvalue weighted by atomic mass is 9.61. The Morgan fingerprint density at radius 1 is 0.983 bits per heavy atom. The molecule has 340 valence electrons. The zero-order chi connectivity index (χ0) is 44.1. The molecule has 0 radical (unpaired) electrons. The molecule has 0 aromatic heterocycles. The first-order valence-electron chi connectivity index (χ1n) is 22.2. The van der Waals surface area contributed by atoms with E-state index in [-0.39, 0.29) is 41.6 Å². The van der Waals surface area contributed by atoms with Gasteiger partial charge < -0.3 is 43.9 Å². The van der Waals surface area contributed by atoms with Gasteiger partial charge in [0.2, 0.25) is 0 Å². The van der Waals surface area contributed by atoms with Crippen molar-refractivity contribution in [3.63, 3.8) is 0 Å². The van der Waals surface area contributed by atoms with Crippen LogP contribution in [-0.2, 0) is 44.1 Å². The number of hydrogen-bond donors (Lipinski definition) is 2. The molecule has 0 spiro atoms. The molecule has 1 unspecified atom stereocenters. The summed E-state index contributed by atoms with van der Waals surface area (Å²) in [5.41, 5.74) is -2.99. The summed E-state index contributed by atoms with van der Waals surface area (Å²) >= 11 is 1.40. The maximum Gasteiger partial charge on any atom is 0.332 e. The Balaban J connectivity index is 1.37. The standard InChI is InChI=1S/C45H74N4O9S2/c1-25-14-18-35(50)45(8,58-29-15-16-32(48(9)10)26(2)21-29)36(51)23-38-47-44(7,42(54-13)60(38)53)41-46-31(24-59-41)40(52)57-37-22-34(30(20-25)27(3)43(37,5)6)56-39-19-17-33(49(11)12)28(4)55-39/h20,23,26-35,37,39,42,47,50H,14-19,21-22,24H2,1-13H3/b25-20-,38-23-/t26-,27+,28+,29-,30+,31-,32-,33-,34+,35+,37+,39-,42-,44-,45+,60?/m0/s1. The van der Waals surface area contributed by atoms with E-state index >= 15 is 0 Å². The van der Waals surface area contributed by atoms with Crippen LogP contribution in [0.2, 0.25) is 0 Å². The minimum absolute atomic E-state index is 0.0106. The molecular weight excluding hydrogens is 805 g/mol. The average Bonchev–Trinajstić information content (AvgIpc) is 3.77. The number of ketones is 1. The van der Waals surface area contributed by atoms with E-state index in [1.807, 2.05) is 6.92 Å². The second-order valence-corrected chi connectivity index (χ2v) is 22.4. The van der Waals surface area contributed by atoms with Gasteiger partial charge in [-0.25, -0.2) is 9.00 Å². The van der Waals surface area contributed by atoms with Crippen molar-refractivity contribution in [2.75, 3.05) is 41.1 Å². The predicted octanol–water partition coefficient (Wildman–Crippen LogP) is 5.42. The number of carbonyl (C=O) groups excluding carboxylic acids is 2. The maximum absolute atomic E-state index is 14.7. The molecule has 13 nitrogen and oxygen atoms in total. The number of hydrogen-bond acceptors (Lipinski definition) is 14. The third-order valence-corrected chi connectivity index (χ3v) is 18.0. The van der Waals surface area contributed by atoms with Gasteiger partial charge in [0.1, 0.15) is 27.5 Å². The quantitative estimate of drug-likeness (QED) is 0.248. The van der Waals surface area contributed by atoms with Gasteiger partial charge in [-0.05, 0) is 113 Å². The Hall–Kier alpha value is -1.69. The minimum atomic E-state index is -1.80. The highest BCUT2D eigenvalue weighted by Gasteiger charge is 2.55. The van der Waals surface area contributed by atoms with Crippen LogP contribution >= 0.6 is 11.8 Å². The van der Waals surface area contributed by atoms with Crippen LogP contribution in [0.4, 0.5) is 0 Å². The zero-order valence-corrected chi connectivity index (χ0v) is 40.0. The number of fused-ring (bicyclic) bond motifs is 9. The summed E-state index contributed by atoms with van der Waals surface area (Å²) in [6, 6.07) is -0.0810. The first-order valence-corrected chi connectivity index (χ1v) is 24.4. The average molecular weight is 879 g/mol. The molecule has 60 heavy (non-hydrogen) atoms. The number of esters is 1. The van der Waals surface area contributed by atoms with Gasteiger partial charge in [0.05, 0.1) is 29.5 Å². The Bertz CT molecular complexity index is 1710. The lowest BCUT2D eigenvalue weighted by Crippen LogP contribution is -2.54. The Kier molecular flexibility index (Phi) is 15.0. The second-order valence-electron chi connectivity index (χ2n) is 20.0. The first-order chi connectivity index (χ1) is 28.1. The molecule has 0 aromatic carbocycles. The Morgan fingerprint density at radius 3 is 2.30 bits per heavy atom. The molecule has 2 N–H and O–H groups in total. The fraction of sp³-hybridized carbons (Fsp3) is 0.844. The highest BCUT2D eigenvalue weighted by atomic mass is 32.2. The number of likely N-dealkylation sites (N-methyl/N-ethyl adjacent to an activating group) is 1. The molecule has 6 bridgehead atoms. The van der Waals surface area contributed by atoms with E-state index < -0.39 is 69.1 Å². The van der Waals surface area contributed by atoms with Gasteiger partial charge in [0, 0.05) is 48.8 Å². The van der Waals surface area contributed by atoms with E-state index in [9.17, 15) is 18.9 Å². The topological polar surface area (TPSA) is 148 Å². The molecule has 0 aromatic rings. The summed E-state index contributed by atoms with van der Waals surface area (Å²) in [7, 11) is 8.03. The fourth-order valence-electron chi connectivity index (χ4n) is 10.7. The zero-order valence-electron chi connectivity index (χ0n) is 38.4. The molecule has 4 fully saturated rings. The van der Waals surface area contributed by atoms with Crippen LogP contribution in [-0.4, -0.2) is 148 Å². The summed E-state index contributed by atoms with van der Waals surface area (Å²) in [4.78, 5) is 38.1. The van der Waals surface area contributed by atoms with Gasteiger partial charge in [-0.2, -0.15) is 0 Å². The summed E-state index contributed by atoms with van der Waals surface area (Å²) in [6.45, 7) is 16.4. The second kappa shape index (κ2) is 18.8. The van der Waals surface area contributed by atoms with Crippen LogP contribution in [0.15, 0.2) is 27.7 Å². The van der Waals surface area contributed by atoms with Crippen molar-refractivity contribution < 1.29 is 42.6 Å². The van der Waals surface area contributed by atoms with E-state index in [0.717, 1.165) is 37.7 Å². The number of aliphatic hydroxyl groups is 1. The number of thioether (sulfide) groups is 1. The monoisotopic (exact) mass is 878 g/mol. The van der Waals surface area contributed by atoms with Gasteiger partial charge >= 0.3 is 5.97 Å². The molecule has 2 saturated heterocycles. The lowest BCUT2D eigenvalue weighted by molar-refractivity contribution is -0.250. The highest BCUT2D eigenvalue weighted by Crippen LogP contribution is 2.49. The molecule has 5 aliphatic heterocycles. The number of methoxy groups -OCH3 is 1. The fourth-order valence-corrected chi connectivity index (χ4v) is 13.5. The number of rotatable bonds is 7. The van der Waals surface area contributed by atoms with Gasteiger partial charge in [-0.15, -0.1) is 11.8 Å². The molecule has 5 heterocycles. The van der Waals surface area contributed by atoms with Crippen LogP contribution in [0, 0.1) is 23.2 Å². The molecular formula is C45H74N4O9S2. The number of allylic oxidation sites excluding steroid dienone is 1. The number of aliphatic imine (C=N–C) groups is 1. The van der Waals surface area contributed by atoms with Crippen LogP contribution in [0.3, 0.4) is 0 Å². The Labute approximate surface area is 366 Å². The van der Waals surface area contributed by atoms with E-state index in [1.165, 1.54) is 24.9 Å². The van der Waals surface area contributed by atoms with Crippen molar-refractivity contribution in [2.45, 2.75) is 178 Å². The third-order valence-electron chi connectivity index (χ3n) is 15.0. The summed E-state index contributed by atoms with van der Waals surface area (Å²) in [6.07, 6.45) is 6.41. The summed E-state index contributed by atoms with van der Waals surface area (Å²) < 4.78 is 46.6. The minimum Gasteiger partial charge on any atom is -0.460 e. The van der Waals surface area contributed by atoms with Crippen LogP contribution in [0.5, 0.6) is 0 Å². The summed E-state index contributed by atoms with van der Waals surface area (Å²) in [5.74, 6) is -0.199. The van der Waals surface area contributed by atoms with Crippen molar-refractivity contribution in [3.8, 4) is 0 Å². The van der Waals surface area contributed by atoms with Gasteiger partial charge in [-0.3, -0.25) is 9.79 Å². The van der Waals surface area contributed by atoms with Crippen LogP contribution < -0.4 is 5.32 Å². The van der Waals surface area contributed by atoms with Crippen molar-refractivity contribution in [2.24, 2.45) is 28.2 Å². The molecule has 2 aliphatic carbocycles. The number of carbonyl (C=O) groups is 2. The Morgan fingerprint density at radius 2 is 1.67 bits per heavy atom. The third kappa shape index (κ3) is 9.55. The first kappa shape index (κ1) is 47.8. The van der Waals surface area contributed by atoms with Crippen molar-refractivity contribution in [1.29, 1.82) is 0 Å². The molecule has 0 amide bonds. The number of nitrogens with one attached hydrogen (secondary N) is 1. The molecule has 15 heteroatoms. The van der Waals surface area contributed by atoms with Crippen LogP contribution in [0.1, 0.15) is 107 Å². The van der Waals surface area contributed by atoms with Gasteiger partial charge in [0.15, 0.2) is 29.2 Å². The maximum atomic E-state index is 14.7. The molecule has 7 aliphatic rings. The van der Waals surface area contributed by atoms with Gasteiger partial charge in [-0.1, -0.05) is 39.3 Å². The normalized spacial score (nSPS) is 46.0. The summed E-state index contributed by atoms with van der Waals surface area (Å²) in [5, 5.41) is 16.2. The van der Waals surface area contributed by atoms with Gasteiger partial charge in [0.25, 0.3) is 0 Å². The molecule has 2 saturated carbocycles. The number of nitrogens with zero attached hydrogens (tertiary/aromatic N) is 3. The van der Waals surface area contributed by atoms with E-state index in [0.29, 0.717) is 41.6 Å². The SMILES string of the molecule is CO[C@H]1S(=O)/C2=C\C(=O)[C@](C)(O[C@H]3CC[C@H](N(C)C)[C@@H](C)C3)[C@H](O)CC/C(C)=C\[C@@H]3[C@@H](C)C(C)(C)[C@@H](C[C@H]3O[C@H]3CC[C@H](N(C)C)[C@@H](C)O3)OC(=O)[C@@H]3CSC(=N3)[C@]1(C)N2. The molecule has 7 rings (SSSR count). The predicted molar refractivity (Wildman–Crippen MR) is 237 cm³/mol.